The normalized spacial score (nSPS) is 12.4. The molecule has 0 aliphatic heterocycles. The van der Waals surface area contributed by atoms with Crippen molar-refractivity contribution in [1.82, 2.24) is 24.6 Å². The first kappa shape index (κ1) is 24.3. The lowest BCUT2D eigenvalue weighted by molar-refractivity contribution is 0.103. The highest BCUT2D eigenvalue weighted by molar-refractivity contribution is 9.10. The largest absolute Gasteiger partial charge is 0.300 e. The molecule has 2 aromatic carbocycles. The molecule has 0 amide bonds. The summed E-state index contributed by atoms with van der Waals surface area (Å²) in [6.07, 6.45) is 1.84. The van der Waals surface area contributed by atoms with Gasteiger partial charge < -0.3 is 0 Å². The summed E-state index contributed by atoms with van der Waals surface area (Å²) in [4.78, 5) is 17.7. The zero-order valence-electron chi connectivity index (χ0n) is 18.7. The van der Waals surface area contributed by atoms with E-state index in [0.29, 0.717) is 34.9 Å². The monoisotopic (exact) mass is 515 g/mol. The van der Waals surface area contributed by atoms with Gasteiger partial charge in [0.1, 0.15) is 0 Å². The van der Waals surface area contributed by atoms with E-state index in [-0.39, 0.29) is 11.8 Å². The van der Waals surface area contributed by atoms with E-state index < -0.39 is 0 Å². The van der Waals surface area contributed by atoms with Crippen molar-refractivity contribution in [3.8, 4) is 5.69 Å². The molecule has 0 bridgehead atoms. The Morgan fingerprint density at radius 2 is 1.91 bits per heavy atom. The minimum Gasteiger partial charge on any atom is -0.300 e. The van der Waals surface area contributed by atoms with Crippen LogP contribution in [0.1, 0.15) is 40.5 Å². The molecule has 32 heavy (non-hydrogen) atoms. The van der Waals surface area contributed by atoms with Crippen LogP contribution in [0.2, 0.25) is 5.02 Å². The Bertz CT molecular complexity index is 1130. The third kappa shape index (κ3) is 5.18. The van der Waals surface area contributed by atoms with E-state index in [9.17, 15) is 4.79 Å². The van der Waals surface area contributed by atoms with Gasteiger partial charge in [0.05, 0.1) is 23.3 Å². The second-order valence-electron chi connectivity index (χ2n) is 7.91. The Morgan fingerprint density at radius 1 is 1.19 bits per heavy atom. The molecular weight excluding hydrogens is 490 g/mol. The van der Waals surface area contributed by atoms with E-state index in [4.69, 9.17) is 11.6 Å². The Hall–Kier alpha value is -2.32. The topological polar surface area (TPSA) is 54.3 Å². The minimum atomic E-state index is -0.152. The number of nitrogens with zero attached hydrogens (tertiary/aromatic N) is 5. The van der Waals surface area contributed by atoms with Gasteiger partial charge in [-0.2, -0.15) is 0 Å². The van der Waals surface area contributed by atoms with Gasteiger partial charge >= 0.3 is 0 Å². The molecule has 1 heterocycles. The van der Waals surface area contributed by atoms with Gasteiger partial charge in [0.15, 0.2) is 17.4 Å². The van der Waals surface area contributed by atoms with Crippen LogP contribution in [0.25, 0.3) is 5.69 Å². The summed E-state index contributed by atoms with van der Waals surface area (Å²) in [6.45, 7) is 7.13. The highest BCUT2D eigenvalue weighted by Crippen LogP contribution is 2.30. The van der Waals surface area contributed by atoms with Crippen LogP contribution in [0.3, 0.4) is 0 Å². The van der Waals surface area contributed by atoms with Crippen molar-refractivity contribution >= 4 is 33.3 Å². The van der Waals surface area contributed by atoms with E-state index in [1.165, 1.54) is 0 Å². The molecule has 0 saturated heterocycles. The van der Waals surface area contributed by atoms with Crippen LogP contribution in [-0.4, -0.2) is 58.0 Å². The zero-order valence-corrected chi connectivity index (χ0v) is 21.1. The average Bonchev–Trinajstić information content (AvgIpc) is 3.16. The summed E-state index contributed by atoms with van der Waals surface area (Å²) in [5, 5.41) is 9.43. The smallest absolute Gasteiger partial charge is 0.196 e. The number of aromatic nitrogens is 3. The Labute approximate surface area is 202 Å². The quantitative estimate of drug-likeness (QED) is 0.291. The fourth-order valence-corrected chi connectivity index (χ4v) is 3.97. The van der Waals surface area contributed by atoms with Gasteiger partial charge in [0, 0.05) is 22.1 Å². The van der Waals surface area contributed by atoms with Crippen LogP contribution in [0.4, 0.5) is 0 Å². The Morgan fingerprint density at radius 3 is 2.56 bits per heavy atom. The minimum absolute atomic E-state index is 0.0248. The van der Waals surface area contributed by atoms with Crippen LogP contribution in [0, 0.1) is 0 Å². The van der Waals surface area contributed by atoms with Crippen molar-refractivity contribution in [1.29, 1.82) is 0 Å². The molecule has 0 radical (unpaired) electrons. The van der Waals surface area contributed by atoms with Gasteiger partial charge in [-0.25, -0.2) is 0 Å². The maximum Gasteiger partial charge on any atom is 0.196 e. The van der Waals surface area contributed by atoms with E-state index in [1.807, 2.05) is 62.1 Å². The number of halogens is 2. The highest BCUT2D eigenvalue weighted by Gasteiger charge is 2.25. The van der Waals surface area contributed by atoms with Gasteiger partial charge in [-0.1, -0.05) is 45.7 Å². The fraction of sp³-hybridized carbons (Fsp3) is 0.292. The number of hydrogen-bond acceptors (Lipinski definition) is 5. The van der Waals surface area contributed by atoms with Crippen molar-refractivity contribution in [2.75, 3.05) is 27.7 Å². The summed E-state index contributed by atoms with van der Waals surface area (Å²) in [6, 6.07) is 12.7. The summed E-state index contributed by atoms with van der Waals surface area (Å²) in [5.41, 5.74) is 1.69. The van der Waals surface area contributed by atoms with Crippen LogP contribution in [0.15, 0.2) is 59.6 Å². The highest BCUT2D eigenvalue weighted by atomic mass is 79.9. The second-order valence-corrected chi connectivity index (χ2v) is 9.23. The molecule has 0 aliphatic rings. The molecule has 1 atom stereocenters. The molecule has 3 rings (SSSR count). The fourth-order valence-electron chi connectivity index (χ4n) is 3.40. The maximum absolute atomic E-state index is 13.6. The number of likely N-dealkylation sites (N-methyl/N-ethyl adjacent to an activating group) is 1. The first-order valence-electron chi connectivity index (χ1n) is 10.2. The molecule has 1 unspecified atom stereocenters. The Kier molecular flexibility index (Phi) is 8.00. The summed E-state index contributed by atoms with van der Waals surface area (Å²) >= 11 is 9.92. The van der Waals surface area contributed by atoms with Crippen molar-refractivity contribution in [2.45, 2.75) is 19.5 Å². The molecule has 8 heteroatoms. The van der Waals surface area contributed by atoms with Gasteiger partial charge in [-0.15, -0.1) is 16.8 Å². The Balaban J connectivity index is 2.23. The van der Waals surface area contributed by atoms with Gasteiger partial charge in [0.2, 0.25) is 0 Å². The predicted molar refractivity (Wildman–Crippen MR) is 133 cm³/mol. The van der Waals surface area contributed by atoms with Crippen LogP contribution < -0.4 is 0 Å². The lowest BCUT2D eigenvalue weighted by Gasteiger charge is -2.23. The molecular formula is C24H27BrClN5O. The lowest BCUT2D eigenvalue weighted by atomic mass is 10.0. The maximum atomic E-state index is 13.6. The molecule has 6 nitrogen and oxygen atoms in total. The number of carbonyl (C=O) groups is 1. The van der Waals surface area contributed by atoms with Crippen molar-refractivity contribution in [3.05, 3.63) is 87.4 Å². The second kappa shape index (κ2) is 10.5. The van der Waals surface area contributed by atoms with E-state index >= 15 is 0 Å². The number of benzene rings is 2. The van der Waals surface area contributed by atoms with Crippen molar-refractivity contribution in [2.24, 2.45) is 0 Å². The summed E-state index contributed by atoms with van der Waals surface area (Å²) in [7, 11) is 5.97. The van der Waals surface area contributed by atoms with E-state index in [1.54, 1.807) is 12.1 Å². The molecule has 168 valence electrons. The standard InChI is InChI=1S/C24H27BrClN5O/c1-6-13-30(5)15-22-27-28-24(16(2)29(3)4)31(22)21-14-17(25)11-12-19(21)23(32)18-9-7-8-10-20(18)26/h6-12,14,16H,1,13,15H2,2-5H3. The molecule has 0 aliphatic carbocycles. The van der Waals surface area contributed by atoms with E-state index in [2.05, 4.69) is 49.4 Å². The van der Waals surface area contributed by atoms with E-state index in [0.717, 1.165) is 16.1 Å². The SMILES string of the molecule is C=CCN(C)Cc1nnc(C(C)N(C)C)n1-c1cc(Br)ccc1C(=O)c1ccccc1Cl. The van der Waals surface area contributed by atoms with Gasteiger partial charge in [0.25, 0.3) is 0 Å². The third-order valence-corrected chi connectivity index (χ3v) is 6.14. The first-order valence-corrected chi connectivity index (χ1v) is 11.4. The lowest BCUT2D eigenvalue weighted by Crippen LogP contribution is -2.24. The molecule has 0 saturated carbocycles. The molecule has 0 N–H and O–H groups in total. The van der Waals surface area contributed by atoms with Crippen molar-refractivity contribution < 1.29 is 4.79 Å². The van der Waals surface area contributed by atoms with Crippen LogP contribution in [-0.2, 0) is 6.54 Å². The van der Waals surface area contributed by atoms with Gasteiger partial charge in [-0.05, 0) is 58.4 Å². The first-order chi connectivity index (χ1) is 15.2. The number of carbonyl (C=O) groups excluding carboxylic acids is 1. The molecule has 0 spiro atoms. The zero-order chi connectivity index (χ0) is 23.4. The van der Waals surface area contributed by atoms with Crippen LogP contribution in [0.5, 0.6) is 0 Å². The number of rotatable bonds is 9. The summed E-state index contributed by atoms with van der Waals surface area (Å²) < 4.78 is 2.84. The van der Waals surface area contributed by atoms with Crippen LogP contribution >= 0.6 is 27.5 Å². The third-order valence-electron chi connectivity index (χ3n) is 5.32. The molecule has 3 aromatic rings. The van der Waals surface area contributed by atoms with Crippen molar-refractivity contribution in [3.63, 3.8) is 0 Å². The predicted octanol–water partition coefficient (Wildman–Crippen LogP) is 5.15. The summed E-state index contributed by atoms with van der Waals surface area (Å²) in [5.74, 6) is 1.34. The van der Waals surface area contributed by atoms with Gasteiger partial charge in [-0.3, -0.25) is 19.2 Å². The average molecular weight is 517 g/mol. The number of hydrogen-bond donors (Lipinski definition) is 0. The number of ketones is 1. The molecule has 0 fully saturated rings. The molecule has 1 aromatic heterocycles.